The van der Waals surface area contributed by atoms with Crippen LogP contribution in [0.25, 0.3) is 0 Å². The first kappa shape index (κ1) is 9.91. The maximum atomic E-state index is 8.38. The van der Waals surface area contributed by atoms with Gasteiger partial charge in [-0.3, -0.25) is 0 Å². The predicted molar refractivity (Wildman–Crippen MR) is 48.5 cm³/mol. The van der Waals surface area contributed by atoms with Crippen molar-refractivity contribution in [2.75, 3.05) is 19.8 Å². The summed E-state index contributed by atoms with van der Waals surface area (Å²) in [7, 11) is 0. The van der Waals surface area contributed by atoms with Crippen LogP contribution < -0.4 is 0 Å². The summed E-state index contributed by atoms with van der Waals surface area (Å²) in [6, 6.07) is 1.99. The SMILES string of the molecule is N#CCOC1CCC2(CC1)OCCO2. The molecule has 4 nitrogen and oxygen atoms in total. The molecule has 0 N–H and O–H groups in total. The minimum Gasteiger partial charge on any atom is -0.363 e. The van der Waals surface area contributed by atoms with Gasteiger partial charge in [0.25, 0.3) is 0 Å². The van der Waals surface area contributed by atoms with E-state index in [1.165, 1.54) is 0 Å². The molecule has 0 bridgehead atoms. The molecule has 1 aliphatic carbocycles. The molecule has 0 aromatic carbocycles. The van der Waals surface area contributed by atoms with E-state index >= 15 is 0 Å². The number of nitriles is 1. The molecule has 1 saturated heterocycles. The minimum atomic E-state index is -0.313. The molecule has 1 saturated carbocycles. The van der Waals surface area contributed by atoms with Crippen molar-refractivity contribution in [2.45, 2.75) is 37.6 Å². The van der Waals surface area contributed by atoms with Gasteiger partial charge in [0, 0.05) is 12.8 Å². The van der Waals surface area contributed by atoms with Crippen molar-refractivity contribution >= 4 is 0 Å². The third-order valence-corrected chi connectivity index (χ3v) is 2.89. The van der Waals surface area contributed by atoms with Crippen LogP contribution in [0.1, 0.15) is 25.7 Å². The van der Waals surface area contributed by atoms with Gasteiger partial charge in [-0.1, -0.05) is 0 Å². The molecule has 0 atom stereocenters. The van der Waals surface area contributed by atoms with E-state index in [0.29, 0.717) is 13.2 Å². The zero-order chi connectivity index (χ0) is 9.86. The van der Waals surface area contributed by atoms with E-state index in [0.717, 1.165) is 25.7 Å². The van der Waals surface area contributed by atoms with E-state index in [1.54, 1.807) is 0 Å². The molecule has 2 fully saturated rings. The van der Waals surface area contributed by atoms with Gasteiger partial charge in [0.15, 0.2) is 5.79 Å². The highest BCUT2D eigenvalue weighted by Crippen LogP contribution is 2.36. The Morgan fingerprint density at radius 1 is 1.29 bits per heavy atom. The molecule has 4 heteroatoms. The maximum absolute atomic E-state index is 8.38. The molecule has 14 heavy (non-hydrogen) atoms. The lowest BCUT2D eigenvalue weighted by Crippen LogP contribution is -2.37. The molecule has 0 unspecified atom stereocenters. The highest BCUT2D eigenvalue weighted by molar-refractivity contribution is 4.83. The molecule has 1 aliphatic heterocycles. The Bertz CT molecular complexity index is 220. The van der Waals surface area contributed by atoms with E-state index < -0.39 is 0 Å². The van der Waals surface area contributed by atoms with Crippen LogP contribution in [0.5, 0.6) is 0 Å². The summed E-state index contributed by atoms with van der Waals surface area (Å²) < 4.78 is 16.5. The van der Waals surface area contributed by atoms with Crippen molar-refractivity contribution < 1.29 is 14.2 Å². The molecular weight excluding hydrogens is 182 g/mol. The first-order valence-electron chi connectivity index (χ1n) is 5.11. The third kappa shape index (κ3) is 2.06. The second kappa shape index (κ2) is 4.26. The van der Waals surface area contributed by atoms with Crippen LogP contribution in [-0.4, -0.2) is 31.7 Å². The lowest BCUT2D eigenvalue weighted by atomic mass is 9.92. The first-order valence-corrected chi connectivity index (χ1v) is 5.11. The van der Waals surface area contributed by atoms with Crippen molar-refractivity contribution in [3.63, 3.8) is 0 Å². The lowest BCUT2D eigenvalue weighted by molar-refractivity contribution is -0.190. The van der Waals surface area contributed by atoms with E-state index in [2.05, 4.69) is 0 Å². The molecule has 2 rings (SSSR count). The van der Waals surface area contributed by atoms with Gasteiger partial charge in [0.05, 0.1) is 25.4 Å². The summed E-state index contributed by atoms with van der Waals surface area (Å²) in [6.45, 7) is 1.62. The van der Waals surface area contributed by atoms with Crippen LogP contribution in [-0.2, 0) is 14.2 Å². The normalized spacial score (nSPS) is 26.5. The predicted octanol–water partition coefficient (Wildman–Crippen LogP) is 1.21. The molecule has 1 heterocycles. The number of nitrogens with zero attached hydrogens (tertiary/aromatic N) is 1. The van der Waals surface area contributed by atoms with Gasteiger partial charge in [0.1, 0.15) is 6.61 Å². The Balaban J connectivity index is 1.77. The molecule has 0 amide bonds. The first-order chi connectivity index (χ1) is 6.85. The summed E-state index contributed by atoms with van der Waals surface area (Å²) >= 11 is 0. The zero-order valence-electron chi connectivity index (χ0n) is 8.20. The van der Waals surface area contributed by atoms with Crippen molar-refractivity contribution in [1.29, 1.82) is 5.26 Å². The third-order valence-electron chi connectivity index (χ3n) is 2.89. The Morgan fingerprint density at radius 2 is 1.93 bits per heavy atom. The Hall–Kier alpha value is -0.630. The van der Waals surface area contributed by atoms with Crippen molar-refractivity contribution in [1.82, 2.24) is 0 Å². The average molecular weight is 197 g/mol. The Morgan fingerprint density at radius 3 is 2.50 bits per heavy atom. The van der Waals surface area contributed by atoms with Gasteiger partial charge in [0.2, 0.25) is 0 Å². The number of rotatable bonds is 2. The van der Waals surface area contributed by atoms with Crippen LogP contribution in [0.2, 0.25) is 0 Å². The van der Waals surface area contributed by atoms with Crippen LogP contribution in [0.4, 0.5) is 0 Å². The van der Waals surface area contributed by atoms with E-state index in [1.807, 2.05) is 6.07 Å². The smallest absolute Gasteiger partial charge is 0.168 e. The molecule has 0 radical (unpaired) electrons. The van der Waals surface area contributed by atoms with Crippen molar-refractivity contribution in [2.24, 2.45) is 0 Å². The summed E-state index contributed by atoms with van der Waals surface area (Å²) in [4.78, 5) is 0. The van der Waals surface area contributed by atoms with Gasteiger partial charge >= 0.3 is 0 Å². The lowest BCUT2D eigenvalue weighted by Gasteiger charge is -2.34. The van der Waals surface area contributed by atoms with Crippen molar-refractivity contribution in [3.8, 4) is 6.07 Å². The molecule has 1 spiro atoms. The number of hydrogen-bond acceptors (Lipinski definition) is 4. The minimum absolute atomic E-state index is 0.194. The molecule has 2 aliphatic rings. The standard InChI is InChI=1S/C10H15NO3/c11-5-6-12-9-1-3-10(4-2-9)13-7-8-14-10/h9H,1-4,6-8H2. The summed E-state index contributed by atoms with van der Waals surface area (Å²) in [5.41, 5.74) is 0. The molecular formula is C10H15NO3. The molecule has 78 valence electrons. The van der Waals surface area contributed by atoms with Crippen LogP contribution in [0.3, 0.4) is 0 Å². The highest BCUT2D eigenvalue weighted by atomic mass is 16.7. The fourth-order valence-corrected chi connectivity index (χ4v) is 2.14. The number of ether oxygens (including phenoxy) is 3. The zero-order valence-corrected chi connectivity index (χ0v) is 8.20. The topological polar surface area (TPSA) is 51.5 Å². The van der Waals surface area contributed by atoms with Gasteiger partial charge in [-0.25, -0.2) is 0 Å². The van der Waals surface area contributed by atoms with Gasteiger partial charge in [-0.05, 0) is 12.8 Å². The second-order valence-corrected chi connectivity index (χ2v) is 3.78. The summed E-state index contributed by atoms with van der Waals surface area (Å²) in [5.74, 6) is -0.313. The van der Waals surface area contributed by atoms with E-state index in [-0.39, 0.29) is 18.5 Å². The Kier molecular flexibility index (Phi) is 3.02. The van der Waals surface area contributed by atoms with Crippen LogP contribution >= 0.6 is 0 Å². The van der Waals surface area contributed by atoms with E-state index in [4.69, 9.17) is 19.5 Å². The average Bonchev–Trinajstić information content (AvgIpc) is 2.66. The highest BCUT2D eigenvalue weighted by Gasteiger charge is 2.40. The monoisotopic (exact) mass is 197 g/mol. The van der Waals surface area contributed by atoms with Gasteiger partial charge < -0.3 is 14.2 Å². The van der Waals surface area contributed by atoms with Gasteiger partial charge in [-0.2, -0.15) is 5.26 Å². The summed E-state index contributed by atoms with van der Waals surface area (Å²) in [5, 5.41) is 8.38. The maximum Gasteiger partial charge on any atom is 0.168 e. The fraction of sp³-hybridized carbons (Fsp3) is 0.900. The van der Waals surface area contributed by atoms with E-state index in [9.17, 15) is 0 Å². The second-order valence-electron chi connectivity index (χ2n) is 3.78. The Labute approximate surface area is 83.7 Å². The summed E-state index contributed by atoms with van der Waals surface area (Å²) in [6.07, 6.45) is 3.86. The van der Waals surface area contributed by atoms with Crippen LogP contribution in [0, 0.1) is 11.3 Å². The van der Waals surface area contributed by atoms with Crippen molar-refractivity contribution in [3.05, 3.63) is 0 Å². The fourth-order valence-electron chi connectivity index (χ4n) is 2.14. The van der Waals surface area contributed by atoms with Crippen LogP contribution in [0.15, 0.2) is 0 Å². The number of hydrogen-bond donors (Lipinski definition) is 0. The van der Waals surface area contributed by atoms with Gasteiger partial charge in [-0.15, -0.1) is 0 Å². The quantitative estimate of drug-likeness (QED) is 0.667. The molecule has 0 aromatic heterocycles. The molecule has 0 aromatic rings. The largest absolute Gasteiger partial charge is 0.363 e.